The van der Waals surface area contributed by atoms with Crippen molar-refractivity contribution < 1.29 is 23.8 Å². The van der Waals surface area contributed by atoms with E-state index in [4.69, 9.17) is 14.2 Å². The highest BCUT2D eigenvalue weighted by Crippen LogP contribution is 2.34. The van der Waals surface area contributed by atoms with Gasteiger partial charge in [-0.25, -0.2) is 4.79 Å². The molecule has 5 heteroatoms. The van der Waals surface area contributed by atoms with Gasteiger partial charge in [-0.3, -0.25) is 4.79 Å². The van der Waals surface area contributed by atoms with E-state index in [-0.39, 0.29) is 24.3 Å². The summed E-state index contributed by atoms with van der Waals surface area (Å²) in [4.78, 5) is 23.9. The Kier molecular flexibility index (Phi) is 4.84. The molecule has 128 valence electrons. The van der Waals surface area contributed by atoms with Gasteiger partial charge in [0.25, 0.3) is 0 Å². The number of benzene rings is 2. The lowest BCUT2D eigenvalue weighted by atomic mass is 10.1. The Morgan fingerprint density at radius 3 is 2.64 bits per heavy atom. The number of ether oxygens (including phenoxy) is 3. The number of Topliss-reactive ketones (excluding diaryl/α,β-unsaturated/α-hetero) is 1. The first kappa shape index (κ1) is 16.8. The van der Waals surface area contributed by atoms with Crippen molar-refractivity contribution in [1.82, 2.24) is 0 Å². The number of fused-ring (bicyclic) bond motifs is 1. The third kappa shape index (κ3) is 4.07. The normalized spacial score (nSPS) is 14.4. The van der Waals surface area contributed by atoms with E-state index >= 15 is 0 Å². The highest BCUT2D eigenvalue weighted by Gasteiger charge is 2.27. The average molecular weight is 338 g/mol. The first-order chi connectivity index (χ1) is 12.0. The van der Waals surface area contributed by atoms with E-state index in [9.17, 15) is 9.59 Å². The van der Waals surface area contributed by atoms with Gasteiger partial charge in [-0.2, -0.15) is 0 Å². The molecule has 0 saturated carbocycles. The van der Waals surface area contributed by atoms with Crippen LogP contribution in [0.2, 0.25) is 0 Å². The predicted octanol–water partition coefficient (Wildman–Crippen LogP) is 3.63. The number of hydrogen-bond donors (Lipinski definition) is 0. The maximum absolute atomic E-state index is 12.4. The van der Waals surface area contributed by atoms with Crippen LogP contribution in [0.15, 0.2) is 54.3 Å². The van der Waals surface area contributed by atoms with Gasteiger partial charge < -0.3 is 14.2 Å². The van der Waals surface area contributed by atoms with Crippen LogP contribution in [0.25, 0.3) is 6.08 Å². The molecule has 1 aliphatic rings. The van der Waals surface area contributed by atoms with Gasteiger partial charge in [-0.1, -0.05) is 30.3 Å². The lowest BCUT2D eigenvalue weighted by Crippen LogP contribution is -2.18. The van der Waals surface area contributed by atoms with Crippen molar-refractivity contribution >= 4 is 17.8 Å². The minimum Gasteiger partial charge on any atom is -0.482 e. The van der Waals surface area contributed by atoms with Crippen molar-refractivity contribution in [2.24, 2.45) is 0 Å². The molecule has 0 aromatic heterocycles. The van der Waals surface area contributed by atoms with Gasteiger partial charge in [-0.15, -0.1) is 0 Å². The minimum atomic E-state index is -0.447. The smallest absolute Gasteiger partial charge is 0.344 e. The Hall–Kier alpha value is -3.08. The third-order valence-electron chi connectivity index (χ3n) is 3.46. The van der Waals surface area contributed by atoms with E-state index in [0.29, 0.717) is 17.1 Å². The van der Waals surface area contributed by atoms with Crippen LogP contribution in [-0.2, 0) is 9.53 Å². The summed E-state index contributed by atoms with van der Waals surface area (Å²) in [6, 6.07) is 14.3. The molecule has 0 bridgehead atoms. The molecule has 0 N–H and O–H groups in total. The molecule has 1 aliphatic heterocycles. The summed E-state index contributed by atoms with van der Waals surface area (Å²) in [5.74, 6) is 0.495. The molecule has 2 aromatic rings. The third-order valence-corrected chi connectivity index (χ3v) is 3.46. The van der Waals surface area contributed by atoms with Crippen LogP contribution in [0.4, 0.5) is 0 Å². The maximum atomic E-state index is 12.4. The number of hydrogen-bond acceptors (Lipinski definition) is 5. The summed E-state index contributed by atoms with van der Waals surface area (Å²) >= 11 is 0. The molecule has 0 aliphatic carbocycles. The molecule has 25 heavy (non-hydrogen) atoms. The van der Waals surface area contributed by atoms with Gasteiger partial charge in [-0.05, 0) is 37.6 Å². The number of ketones is 1. The van der Waals surface area contributed by atoms with Crippen molar-refractivity contribution in [2.45, 2.75) is 20.0 Å². The van der Waals surface area contributed by atoms with Gasteiger partial charge in [0.2, 0.25) is 5.78 Å². The van der Waals surface area contributed by atoms with Crippen LogP contribution in [0, 0.1) is 0 Å². The van der Waals surface area contributed by atoms with Gasteiger partial charge in [0, 0.05) is 6.07 Å². The average Bonchev–Trinajstić information content (AvgIpc) is 2.89. The molecule has 0 amide bonds. The first-order valence-corrected chi connectivity index (χ1v) is 7.98. The van der Waals surface area contributed by atoms with Crippen LogP contribution in [0.3, 0.4) is 0 Å². The van der Waals surface area contributed by atoms with Crippen molar-refractivity contribution in [3.05, 3.63) is 65.4 Å². The van der Waals surface area contributed by atoms with E-state index < -0.39 is 5.97 Å². The van der Waals surface area contributed by atoms with Crippen molar-refractivity contribution in [1.29, 1.82) is 0 Å². The molecular weight excluding hydrogens is 320 g/mol. The molecule has 0 saturated heterocycles. The van der Waals surface area contributed by atoms with Gasteiger partial charge in [0.05, 0.1) is 11.7 Å². The van der Waals surface area contributed by atoms with E-state index in [1.54, 1.807) is 38.1 Å². The van der Waals surface area contributed by atoms with E-state index in [1.165, 1.54) is 0 Å². The van der Waals surface area contributed by atoms with Crippen molar-refractivity contribution in [3.8, 4) is 11.5 Å². The van der Waals surface area contributed by atoms with Crippen LogP contribution in [0.1, 0.15) is 29.8 Å². The molecule has 3 rings (SSSR count). The molecular formula is C20H18O5. The summed E-state index contributed by atoms with van der Waals surface area (Å²) in [5.41, 5.74) is 1.35. The quantitative estimate of drug-likeness (QED) is 0.615. The Balaban J connectivity index is 1.71. The molecule has 0 spiro atoms. The number of esters is 1. The van der Waals surface area contributed by atoms with Crippen LogP contribution in [0.5, 0.6) is 11.5 Å². The number of rotatable bonds is 5. The monoisotopic (exact) mass is 338 g/mol. The fourth-order valence-electron chi connectivity index (χ4n) is 2.40. The van der Waals surface area contributed by atoms with Gasteiger partial charge >= 0.3 is 5.97 Å². The predicted molar refractivity (Wildman–Crippen MR) is 92.5 cm³/mol. The fourth-order valence-corrected chi connectivity index (χ4v) is 2.40. The second-order valence-electron chi connectivity index (χ2n) is 5.84. The summed E-state index contributed by atoms with van der Waals surface area (Å²) in [7, 11) is 0. The minimum absolute atomic E-state index is 0.176. The number of allylic oxidation sites excluding steroid dienone is 1. The Morgan fingerprint density at radius 2 is 1.92 bits per heavy atom. The molecule has 1 heterocycles. The molecule has 2 aromatic carbocycles. The van der Waals surface area contributed by atoms with E-state index in [2.05, 4.69) is 0 Å². The van der Waals surface area contributed by atoms with Crippen LogP contribution in [-0.4, -0.2) is 24.5 Å². The largest absolute Gasteiger partial charge is 0.482 e. The number of carbonyl (C=O) groups excluding carboxylic acids is 2. The highest BCUT2D eigenvalue weighted by atomic mass is 16.6. The molecule has 0 fully saturated rings. The summed E-state index contributed by atoms with van der Waals surface area (Å²) in [6.07, 6.45) is 1.51. The topological polar surface area (TPSA) is 61.8 Å². The zero-order chi connectivity index (χ0) is 17.8. The van der Waals surface area contributed by atoms with Gasteiger partial charge in [0.1, 0.15) is 11.5 Å². The lowest BCUT2D eigenvalue weighted by molar-refractivity contribution is -0.149. The number of carbonyl (C=O) groups is 2. The Morgan fingerprint density at radius 1 is 1.16 bits per heavy atom. The second-order valence-corrected chi connectivity index (χ2v) is 5.84. The second kappa shape index (κ2) is 7.21. The molecule has 0 radical (unpaired) electrons. The summed E-state index contributed by atoms with van der Waals surface area (Å²) in [5, 5.41) is 0. The SMILES string of the molecule is CC(C)OC(=O)COc1ccc2c(c1)O/C(=C\c1ccccc1)C2=O. The zero-order valence-corrected chi connectivity index (χ0v) is 14.0. The molecule has 0 atom stereocenters. The summed E-state index contributed by atoms with van der Waals surface area (Å²) < 4.78 is 16.1. The van der Waals surface area contributed by atoms with E-state index in [0.717, 1.165) is 5.56 Å². The maximum Gasteiger partial charge on any atom is 0.344 e. The van der Waals surface area contributed by atoms with Crippen molar-refractivity contribution in [2.75, 3.05) is 6.61 Å². The van der Waals surface area contributed by atoms with E-state index in [1.807, 2.05) is 30.3 Å². The lowest BCUT2D eigenvalue weighted by Gasteiger charge is -2.09. The van der Waals surface area contributed by atoms with Crippen molar-refractivity contribution in [3.63, 3.8) is 0 Å². The highest BCUT2D eigenvalue weighted by molar-refractivity contribution is 6.14. The fraction of sp³-hybridized carbons (Fsp3) is 0.200. The molecule has 0 unspecified atom stereocenters. The molecule has 5 nitrogen and oxygen atoms in total. The van der Waals surface area contributed by atoms with Gasteiger partial charge in [0.15, 0.2) is 12.4 Å². The standard InChI is InChI=1S/C20H18O5/c1-13(2)24-19(21)12-23-15-8-9-16-17(11-15)25-18(20(16)22)10-14-6-4-3-5-7-14/h3-11,13H,12H2,1-2H3/b18-10-. The first-order valence-electron chi connectivity index (χ1n) is 7.98. The van der Waals surface area contributed by atoms with Crippen LogP contribution >= 0.6 is 0 Å². The van der Waals surface area contributed by atoms with Crippen LogP contribution < -0.4 is 9.47 Å². The Bertz CT molecular complexity index is 821. The summed E-state index contributed by atoms with van der Waals surface area (Å²) in [6.45, 7) is 3.35. The Labute approximate surface area is 145 Å². The zero-order valence-electron chi connectivity index (χ0n) is 14.0.